The van der Waals surface area contributed by atoms with Crippen molar-refractivity contribution in [3.05, 3.63) is 60.0 Å². The molecule has 1 aliphatic carbocycles. The van der Waals surface area contributed by atoms with Crippen molar-refractivity contribution in [2.75, 3.05) is 5.32 Å². The Morgan fingerprint density at radius 3 is 2.55 bits per heavy atom. The molecule has 1 heterocycles. The summed E-state index contributed by atoms with van der Waals surface area (Å²) in [5.41, 5.74) is -0.405. The molecule has 164 valence electrons. The summed E-state index contributed by atoms with van der Waals surface area (Å²) in [7, 11) is 0. The molecule has 10 nitrogen and oxygen atoms in total. The number of hydrogen-bond donors (Lipinski definition) is 1. The third-order valence-electron chi connectivity index (χ3n) is 4.92. The number of non-ortho nitro benzene ring substituents is 1. The van der Waals surface area contributed by atoms with Gasteiger partial charge in [0.1, 0.15) is 10.6 Å². The summed E-state index contributed by atoms with van der Waals surface area (Å²) in [4.78, 5) is 47.3. The average molecular weight is 447 g/mol. The van der Waals surface area contributed by atoms with Gasteiger partial charge in [0, 0.05) is 10.9 Å². The van der Waals surface area contributed by atoms with E-state index in [0.29, 0.717) is 12.3 Å². The lowest BCUT2D eigenvalue weighted by Crippen LogP contribution is -2.19. The Balaban J connectivity index is 2.01. The van der Waals surface area contributed by atoms with E-state index in [0.717, 1.165) is 41.5 Å². The van der Waals surface area contributed by atoms with Crippen LogP contribution in [0.15, 0.2) is 18.2 Å². The molecule has 3 rings (SSSR count). The Bertz CT molecular complexity index is 1080. The molecule has 0 aliphatic heterocycles. The molecule has 0 saturated carbocycles. The van der Waals surface area contributed by atoms with Gasteiger partial charge in [-0.1, -0.05) is 6.92 Å². The van der Waals surface area contributed by atoms with Crippen LogP contribution in [0, 0.1) is 26.1 Å². The third-order valence-corrected chi connectivity index (χ3v) is 6.09. The number of esters is 1. The number of carbonyl (C=O) groups is 2. The van der Waals surface area contributed by atoms with Crippen molar-refractivity contribution >= 4 is 39.6 Å². The number of benzene rings is 1. The smallest absolute Gasteiger partial charge is 0.341 e. The minimum Gasteiger partial charge on any atom is -0.459 e. The lowest BCUT2D eigenvalue weighted by Gasteiger charge is -2.18. The van der Waals surface area contributed by atoms with Crippen molar-refractivity contribution in [1.29, 1.82) is 0 Å². The second kappa shape index (κ2) is 8.80. The number of rotatable bonds is 6. The fourth-order valence-corrected chi connectivity index (χ4v) is 4.87. The molecule has 0 bridgehead atoms. The van der Waals surface area contributed by atoms with Gasteiger partial charge in [-0.15, -0.1) is 11.3 Å². The standard InChI is InChI=1S/C20H21N3O7S/c1-10(2)30-20(25)17-14-6-4-11(3)8-16(14)31-19(17)21-18(24)13-7-5-12(22(26)27)9-15(13)23(28)29/h5,7,9-11H,4,6,8H2,1-3H3,(H,21,24). The van der Waals surface area contributed by atoms with Crippen molar-refractivity contribution in [2.24, 2.45) is 5.92 Å². The van der Waals surface area contributed by atoms with Gasteiger partial charge in [0.25, 0.3) is 17.3 Å². The molecule has 2 aromatic rings. The number of thiophene rings is 1. The average Bonchev–Trinajstić information content (AvgIpc) is 3.03. The summed E-state index contributed by atoms with van der Waals surface area (Å²) in [5, 5.41) is 25.2. The van der Waals surface area contributed by atoms with Gasteiger partial charge in [0.05, 0.1) is 27.6 Å². The summed E-state index contributed by atoms with van der Waals surface area (Å²) in [6.45, 7) is 5.54. The monoisotopic (exact) mass is 447 g/mol. The highest BCUT2D eigenvalue weighted by Crippen LogP contribution is 2.40. The fraction of sp³-hybridized carbons (Fsp3) is 0.400. The van der Waals surface area contributed by atoms with E-state index in [9.17, 15) is 29.8 Å². The highest BCUT2D eigenvalue weighted by Gasteiger charge is 2.31. The maximum atomic E-state index is 12.9. The summed E-state index contributed by atoms with van der Waals surface area (Å²) in [5.74, 6) is -0.957. The van der Waals surface area contributed by atoms with Crippen molar-refractivity contribution < 1.29 is 24.2 Å². The van der Waals surface area contributed by atoms with Gasteiger partial charge in [-0.25, -0.2) is 4.79 Å². The van der Waals surface area contributed by atoms with Crippen LogP contribution in [0.5, 0.6) is 0 Å². The van der Waals surface area contributed by atoms with Crippen LogP contribution in [0.25, 0.3) is 0 Å². The molecule has 1 unspecified atom stereocenters. The Hall–Kier alpha value is -3.34. The number of carbonyl (C=O) groups excluding carboxylic acids is 2. The van der Waals surface area contributed by atoms with Gasteiger partial charge in [-0.05, 0) is 50.7 Å². The van der Waals surface area contributed by atoms with Crippen LogP contribution < -0.4 is 5.32 Å². The van der Waals surface area contributed by atoms with Crippen LogP contribution in [0.1, 0.15) is 58.3 Å². The van der Waals surface area contributed by atoms with Gasteiger partial charge in [0.15, 0.2) is 0 Å². The number of nitro benzene ring substituents is 2. The third kappa shape index (κ3) is 4.71. The van der Waals surface area contributed by atoms with Crippen LogP contribution in [0.2, 0.25) is 0 Å². The summed E-state index contributed by atoms with van der Waals surface area (Å²) in [6, 6.07) is 2.80. The van der Waals surface area contributed by atoms with Gasteiger partial charge in [-0.2, -0.15) is 0 Å². The van der Waals surface area contributed by atoms with Crippen molar-refractivity contribution in [3.8, 4) is 0 Å². The van der Waals surface area contributed by atoms with Crippen LogP contribution >= 0.6 is 11.3 Å². The molecule has 0 radical (unpaired) electrons. The molecule has 31 heavy (non-hydrogen) atoms. The second-order valence-corrected chi connectivity index (χ2v) is 8.78. The van der Waals surface area contributed by atoms with E-state index in [2.05, 4.69) is 12.2 Å². The summed E-state index contributed by atoms with van der Waals surface area (Å²) < 4.78 is 5.35. The molecule has 1 aromatic heterocycles. The molecule has 1 N–H and O–H groups in total. The highest BCUT2D eigenvalue weighted by molar-refractivity contribution is 7.17. The normalized spacial score (nSPS) is 15.3. The van der Waals surface area contributed by atoms with Crippen LogP contribution in [0.4, 0.5) is 16.4 Å². The van der Waals surface area contributed by atoms with E-state index < -0.39 is 33.1 Å². The topological polar surface area (TPSA) is 142 Å². The predicted molar refractivity (Wildman–Crippen MR) is 114 cm³/mol. The van der Waals surface area contributed by atoms with Crippen LogP contribution in [0.3, 0.4) is 0 Å². The molecule has 1 amide bonds. The fourth-order valence-electron chi connectivity index (χ4n) is 3.47. The Labute approximate surface area is 181 Å². The van der Waals surface area contributed by atoms with E-state index >= 15 is 0 Å². The molecular weight excluding hydrogens is 426 g/mol. The van der Waals surface area contributed by atoms with Crippen molar-refractivity contribution in [1.82, 2.24) is 0 Å². The molecule has 0 saturated heterocycles. The first kappa shape index (κ1) is 22.3. The number of nitrogens with zero attached hydrogens (tertiary/aromatic N) is 2. The van der Waals surface area contributed by atoms with Crippen LogP contribution in [-0.2, 0) is 17.6 Å². The zero-order chi connectivity index (χ0) is 22.9. The summed E-state index contributed by atoms with van der Waals surface area (Å²) in [6.07, 6.45) is 1.97. The van der Waals surface area contributed by atoms with Crippen molar-refractivity contribution in [3.63, 3.8) is 0 Å². The Morgan fingerprint density at radius 1 is 1.23 bits per heavy atom. The van der Waals surface area contributed by atoms with Gasteiger partial charge in [-0.3, -0.25) is 25.0 Å². The molecule has 0 spiro atoms. The van der Waals surface area contributed by atoms with E-state index in [1.807, 2.05) is 0 Å². The number of fused-ring (bicyclic) bond motifs is 1. The molecule has 1 aliphatic rings. The van der Waals surface area contributed by atoms with E-state index in [1.54, 1.807) is 13.8 Å². The molecule has 1 aromatic carbocycles. The number of amides is 1. The van der Waals surface area contributed by atoms with E-state index in [1.165, 1.54) is 11.3 Å². The molecule has 0 fully saturated rings. The minimum absolute atomic E-state index is 0.266. The van der Waals surface area contributed by atoms with Crippen LogP contribution in [-0.4, -0.2) is 27.8 Å². The zero-order valence-corrected chi connectivity index (χ0v) is 18.0. The van der Waals surface area contributed by atoms with Gasteiger partial charge in [0.2, 0.25) is 0 Å². The van der Waals surface area contributed by atoms with E-state index in [-0.39, 0.29) is 22.2 Å². The molecular formula is C20H21N3O7S. The first-order valence-corrected chi connectivity index (χ1v) is 10.5. The maximum Gasteiger partial charge on any atom is 0.341 e. The maximum absolute atomic E-state index is 12.9. The molecule has 1 atom stereocenters. The van der Waals surface area contributed by atoms with Gasteiger partial charge < -0.3 is 10.1 Å². The first-order chi connectivity index (χ1) is 14.6. The number of ether oxygens (including phenoxy) is 1. The van der Waals surface area contributed by atoms with E-state index in [4.69, 9.17) is 4.74 Å². The Kier molecular flexibility index (Phi) is 6.34. The predicted octanol–water partition coefficient (Wildman–Crippen LogP) is 4.51. The lowest BCUT2D eigenvalue weighted by atomic mass is 9.88. The minimum atomic E-state index is -0.850. The Morgan fingerprint density at radius 2 is 1.94 bits per heavy atom. The first-order valence-electron chi connectivity index (χ1n) is 9.68. The number of anilines is 1. The largest absolute Gasteiger partial charge is 0.459 e. The lowest BCUT2D eigenvalue weighted by molar-refractivity contribution is -0.394. The molecule has 11 heteroatoms. The highest BCUT2D eigenvalue weighted by atomic mass is 32.1. The van der Waals surface area contributed by atoms with Gasteiger partial charge >= 0.3 is 5.97 Å². The number of nitrogens with one attached hydrogen (secondary N) is 1. The summed E-state index contributed by atoms with van der Waals surface area (Å²) >= 11 is 1.26. The number of nitro groups is 2. The number of hydrogen-bond acceptors (Lipinski definition) is 8. The van der Waals surface area contributed by atoms with Crippen molar-refractivity contribution in [2.45, 2.75) is 46.1 Å². The second-order valence-electron chi connectivity index (χ2n) is 7.68. The quantitative estimate of drug-likeness (QED) is 0.390. The SMILES string of the molecule is CC1CCc2c(sc(NC(=O)c3ccc([N+](=O)[O-])cc3[N+](=O)[O-])c2C(=O)OC(C)C)C1. The zero-order valence-electron chi connectivity index (χ0n) is 17.2.